The summed E-state index contributed by atoms with van der Waals surface area (Å²) in [6.07, 6.45) is 11.9. The Morgan fingerprint density at radius 2 is 1.74 bits per heavy atom. The molecular formula is C17H32N2. The summed E-state index contributed by atoms with van der Waals surface area (Å²) in [5, 5.41) is 3.50. The van der Waals surface area contributed by atoms with Crippen molar-refractivity contribution in [2.45, 2.75) is 64.3 Å². The first-order chi connectivity index (χ1) is 9.36. The molecular weight excluding hydrogens is 232 g/mol. The van der Waals surface area contributed by atoms with Crippen molar-refractivity contribution in [3.8, 4) is 0 Å². The molecule has 2 saturated carbocycles. The van der Waals surface area contributed by atoms with Crippen molar-refractivity contribution in [1.82, 2.24) is 10.2 Å². The van der Waals surface area contributed by atoms with Crippen LogP contribution in [0.3, 0.4) is 0 Å². The lowest BCUT2D eigenvalue weighted by atomic mass is 9.81. The Bertz CT molecular complexity index is 268. The van der Waals surface area contributed by atoms with Gasteiger partial charge in [-0.3, -0.25) is 0 Å². The molecule has 110 valence electrons. The van der Waals surface area contributed by atoms with Crippen molar-refractivity contribution in [1.29, 1.82) is 0 Å². The SMILES string of the molecule is CCN(CC1CCNCC1)C1CCCC(C2CC2)C1. The first-order valence-corrected chi connectivity index (χ1v) is 8.81. The van der Waals surface area contributed by atoms with E-state index in [0.717, 1.165) is 23.8 Å². The summed E-state index contributed by atoms with van der Waals surface area (Å²) in [4.78, 5) is 2.84. The number of nitrogens with one attached hydrogen (secondary N) is 1. The van der Waals surface area contributed by atoms with Gasteiger partial charge in [-0.05, 0) is 75.9 Å². The number of piperidine rings is 1. The molecule has 0 aromatic heterocycles. The van der Waals surface area contributed by atoms with Crippen LogP contribution in [0.2, 0.25) is 0 Å². The Kier molecular flexibility index (Phi) is 4.81. The van der Waals surface area contributed by atoms with Crippen molar-refractivity contribution in [2.24, 2.45) is 17.8 Å². The molecule has 0 amide bonds. The van der Waals surface area contributed by atoms with Crippen LogP contribution in [0.25, 0.3) is 0 Å². The second kappa shape index (κ2) is 6.58. The van der Waals surface area contributed by atoms with Crippen LogP contribution in [0.1, 0.15) is 58.3 Å². The molecule has 2 heteroatoms. The normalized spacial score (nSPS) is 33.8. The highest BCUT2D eigenvalue weighted by molar-refractivity contribution is 4.89. The van der Waals surface area contributed by atoms with Crippen molar-refractivity contribution >= 4 is 0 Å². The third-order valence-corrected chi connectivity index (χ3v) is 5.85. The van der Waals surface area contributed by atoms with Crippen LogP contribution in [0.4, 0.5) is 0 Å². The molecule has 2 nitrogen and oxygen atoms in total. The maximum absolute atomic E-state index is 3.50. The molecule has 0 aromatic carbocycles. The van der Waals surface area contributed by atoms with E-state index in [2.05, 4.69) is 17.1 Å². The van der Waals surface area contributed by atoms with Crippen LogP contribution in [0.5, 0.6) is 0 Å². The van der Waals surface area contributed by atoms with Crippen molar-refractivity contribution in [3.63, 3.8) is 0 Å². The predicted molar refractivity (Wildman–Crippen MR) is 81.3 cm³/mol. The molecule has 2 aliphatic carbocycles. The summed E-state index contributed by atoms with van der Waals surface area (Å²) < 4.78 is 0. The molecule has 0 aromatic rings. The molecule has 2 atom stereocenters. The van der Waals surface area contributed by atoms with Crippen molar-refractivity contribution < 1.29 is 0 Å². The van der Waals surface area contributed by atoms with E-state index in [9.17, 15) is 0 Å². The molecule has 2 unspecified atom stereocenters. The largest absolute Gasteiger partial charge is 0.317 e. The maximum atomic E-state index is 3.50. The lowest BCUT2D eigenvalue weighted by molar-refractivity contribution is 0.103. The third kappa shape index (κ3) is 3.72. The van der Waals surface area contributed by atoms with E-state index in [4.69, 9.17) is 0 Å². The monoisotopic (exact) mass is 264 g/mol. The molecule has 0 spiro atoms. The summed E-state index contributed by atoms with van der Waals surface area (Å²) >= 11 is 0. The van der Waals surface area contributed by atoms with Gasteiger partial charge in [0.15, 0.2) is 0 Å². The lowest BCUT2D eigenvalue weighted by Crippen LogP contribution is -2.43. The van der Waals surface area contributed by atoms with Crippen molar-refractivity contribution in [2.75, 3.05) is 26.2 Å². The summed E-state index contributed by atoms with van der Waals surface area (Å²) in [6.45, 7) is 7.52. The van der Waals surface area contributed by atoms with Crippen LogP contribution in [0.15, 0.2) is 0 Å². The zero-order valence-corrected chi connectivity index (χ0v) is 12.7. The van der Waals surface area contributed by atoms with E-state index in [1.165, 1.54) is 77.5 Å². The molecule has 0 bridgehead atoms. The van der Waals surface area contributed by atoms with E-state index < -0.39 is 0 Å². The highest BCUT2D eigenvalue weighted by atomic mass is 15.2. The second-order valence-corrected chi connectivity index (χ2v) is 7.20. The third-order valence-electron chi connectivity index (χ3n) is 5.85. The Hall–Kier alpha value is -0.0800. The number of hydrogen-bond donors (Lipinski definition) is 1. The maximum Gasteiger partial charge on any atom is 0.00979 e. The molecule has 1 N–H and O–H groups in total. The van der Waals surface area contributed by atoms with E-state index in [0.29, 0.717) is 0 Å². The molecule has 19 heavy (non-hydrogen) atoms. The highest BCUT2D eigenvalue weighted by Crippen LogP contribution is 2.44. The van der Waals surface area contributed by atoms with E-state index in [1.807, 2.05) is 0 Å². The van der Waals surface area contributed by atoms with Gasteiger partial charge in [0.05, 0.1) is 0 Å². The fraction of sp³-hybridized carbons (Fsp3) is 1.00. The van der Waals surface area contributed by atoms with Gasteiger partial charge in [-0.15, -0.1) is 0 Å². The van der Waals surface area contributed by atoms with Crippen LogP contribution in [0, 0.1) is 17.8 Å². The fourth-order valence-corrected chi connectivity index (χ4v) is 4.46. The molecule has 0 radical (unpaired) electrons. The van der Waals surface area contributed by atoms with E-state index in [-0.39, 0.29) is 0 Å². The predicted octanol–water partition coefficient (Wildman–Crippen LogP) is 3.28. The number of nitrogens with zero attached hydrogens (tertiary/aromatic N) is 1. The standard InChI is InChI=1S/C17H32N2/c1-2-19(13-14-8-10-18-11-9-14)17-5-3-4-16(12-17)15-6-7-15/h14-18H,2-13H2,1H3. The average molecular weight is 264 g/mol. The molecule has 1 aliphatic heterocycles. The Balaban J connectivity index is 1.51. The van der Waals surface area contributed by atoms with Gasteiger partial charge in [0.2, 0.25) is 0 Å². The number of rotatable bonds is 5. The van der Waals surface area contributed by atoms with Gasteiger partial charge in [0.25, 0.3) is 0 Å². The minimum Gasteiger partial charge on any atom is -0.317 e. The van der Waals surface area contributed by atoms with Crippen molar-refractivity contribution in [3.05, 3.63) is 0 Å². The van der Waals surface area contributed by atoms with Gasteiger partial charge in [-0.2, -0.15) is 0 Å². The topological polar surface area (TPSA) is 15.3 Å². The van der Waals surface area contributed by atoms with Crippen LogP contribution >= 0.6 is 0 Å². The van der Waals surface area contributed by atoms with Gasteiger partial charge in [-0.1, -0.05) is 19.8 Å². The zero-order valence-electron chi connectivity index (χ0n) is 12.7. The lowest BCUT2D eigenvalue weighted by Gasteiger charge is -2.39. The Labute approximate surface area is 119 Å². The first-order valence-electron chi connectivity index (χ1n) is 8.81. The van der Waals surface area contributed by atoms with Gasteiger partial charge < -0.3 is 10.2 Å². The Morgan fingerprint density at radius 1 is 0.947 bits per heavy atom. The van der Waals surface area contributed by atoms with Crippen LogP contribution in [-0.4, -0.2) is 37.1 Å². The molecule has 1 saturated heterocycles. The minimum absolute atomic E-state index is 0.916. The summed E-state index contributed by atoms with van der Waals surface area (Å²) in [7, 11) is 0. The second-order valence-electron chi connectivity index (χ2n) is 7.20. The average Bonchev–Trinajstić information content (AvgIpc) is 3.31. The highest BCUT2D eigenvalue weighted by Gasteiger charge is 2.36. The summed E-state index contributed by atoms with van der Waals surface area (Å²) in [5.74, 6) is 3.17. The molecule has 1 heterocycles. The fourth-order valence-electron chi connectivity index (χ4n) is 4.46. The van der Waals surface area contributed by atoms with Gasteiger partial charge in [-0.25, -0.2) is 0 Å². The van der Waals surface area contributed by atoms with Gasteiger partial charge in [0.1, 0.15) is 0 Å². The molecule has 3 fully saturated rings. The van der Waals surface area contributed by atoms with Crippen LogP contribution in [-0.2, 0) is 0 Å². The Morgan fingerprint density at radius 3 is 2.42 bits per heavy atom. The molecule has 3 rings (SSSR count). The first kappa shape index (κ1) is 13.9. The van der Waals surface area contributed by atoms with E-state index in [1.54, 1.807) is 0 Å². The van der Waals surface area contributed by atoms with Gasteiger partial charge in [0, 0.05) is 12.6 Å². The zero-order chi connectivity index (χ0) is 13.1. The smallest absolute Gasteiger partial charge is 0.00979 e. The quantitative estimate of drug-likeness (QED) is 0.820. The number of hydrogen-bond acceptors (Lipinski definition) is 2. The summed E-state index contributed by atoms with van der Waals surface area (Å²) in [6, 6.07) is 0.916. The molecule has 3 aliphatic rings. The van der Waals surface area contributed by atoms with E-state index >= 15 is 0 Å². The van der Waals surface area contributed by atoms with Crippen LogP contribution < -0.4 is 5.32 Å². The minimum atomic E-state index is 0.916. The van der Waals surface area contributed by atoms with Gasteiger partial charge >= 0.3 is 0 Å². The summed E-state index contributed by atoms with van der Waals surface area (Å²) in [5.41, 5.74) is 0.